The first kappa shape index (κ1) is 17.8. The van der Waals surface area contributed by atoms with Gasteiger partial charge in [-0.1, -0.05) is 18.2 Å². The van der Waals surface area contributed by atoms with Gasteiger partial charge in [0, 0.05) is 31.6 Å². The fourth-order valence-corrected chi connectivity index (χ4v) is 4.15. The summed E-state index contributed by atoms with van der Waals surface area (Å²) in [7, 11) is 0. The molecule has 2 aromatic heterocycles. The van der Waals surface area contributed by atoms with Crippen molar-refractivity contribution < 1.29 is 9.21 Å². The molecule has 7 heteroatoms. The minimum absolute atomic E-state index is 0.0886. The monoisotopic (exact) mass is 390 g/mol. The van der Waals surface area contributed by atoms with Gasteiger partial charge in [0.25, 0.3) is 5.91 Å². The minimum atomic E-state index is -0.586. The Kier molecular flexibility index (Phi) is 4.50. The van der Waals surface area contributed by atoms with Crippen LogP contribution in [-0.4, -0.2) is 47.2 Å². The second kappa shape index (κ2) is 7.31. The Bertz CT molecular complexity index is 1130. The maximum Gasteiger partial charge on any atom is 0.349 e. The van der Waals surface area contributed by atoms with Crippen LogP contribution >= 0.6 is 0 Å². The standard InChI is InChI=1S/C22H22N4O3/c27-21(17-13-16-6-2-4-8-19(16)29-22(17)28)26-11-9-25(10-12-26)20-14-15-5-1-3-7-18(15)23-24-20/h2,4,6,8,13-14H,1,3,5,7,9-12H2. The number of hydrogen-bond donors (Lipinski definition) is 0. The molecule has 148 valence electrons. The number of aromatic nitrogens is 2. The molecule has 0 N–H and O–H groups in total. The molecule has 3 heterocycles. The van der Waals surface area contributed by atoms with E-state index in [9.17, 15) is 9.59 Å². The van der Waals surface area contributed by atoms with Crippen LogP contribution in [0, 0.1) is 0 Å². The van der Waals surface area contributed by atoms with E-state index >= 15 is 0 Å². The summed E-state index contributed by atoms with van der Waals surface area (Å²) < 4.78 is 5.32. The molecule has 0 bridgehead atoms. The quantitative estimate of drug-likeness (QED) is 0.626. The van der Waals surface area contributed by atoms with E-state index in [2.05, 4.69) is 21.2 Å². The van der Waals surface area contributed by atoms with Crippen molar-refractivity contribution in [3.8, 4) is 0 Å². The van der Waals surface area contributed by atoms with Gasteiger partial charge in [0.1, 0.15) is 11.1 Å². The summed E-state index contributed by atoms with van der Waals surface area (Å²) in [4.78, 5) is 29.1. The average Bonchev–Trinajstić information content (AvgIpc) is 2.78. The third-order valence-corrected chi connectivity index (χ3v) is 5.82. The second-order valence-corrected chi connectivity index (χ2v) is 7.65. The number of aryl methyl sites for hydroxylation is 2. The topological polar surface area (TPSA) is 79.5 Å². The smallest absolute Gasteiger partial charge is 0.349 e. The molecule has 1 aliphatic heterocycles. The lowest BCUT2D eigenvalue weighted by Gasteiger charge is -2.35. The highest BCUT2D eigenvalue weighted by Crippen LogP contribution is 2.23. The molecule has 7 nitrogen and oxygen atoms in total. The number of carbonyl (C=O) groups is 1. The Balaban J connectivity index is 1.31. The number of anilines is 1. The van der Waals surface area contributed by atoms with Crippen molar-refractivity contribution >= 4 is 22.7 Å². The van der Waals surface area contributed by atoms with E-state index in [-0.39, 0.29) is 11.5 Å². The van der Waals surface area contributed by atoms with Crippen molar-refractivity contribution in [1.29, 1.82) is 0 Å². The zero-order valence-corrected chi connectivity index (χ0v) is 16.1. The van der Waals surface area contributed by atoms with Crippen LogP contribution in [0.25, 0.3) is 11.0 Å². The molecule has 0 saturated carbocycles. The van der Waals surface area contributed by atoms with Crippen LogP contribution in [0.15, 0.2) is 45.6 Å². The highest BCUT2D eigenvalue weighted by molar-refractivity contribution is 5.96. The minimum Gasteiger partial charge on any atom is -0.422 e. The number of hydrogen-bond acceptors (Lipinski definition) is 6. The summed E-state index contributed by atoms with van der Waals surface area (Å²) in [6.07, 6.45) is 4.46. The van der Waals surface area contributed by atoms with Crippen molar-refractivity contribution in [3.63, 3.8) is 0 Å². The molecule has 1 amide bonds. The molecule has 1 fully saturated rings. The Hall–Kier alpha value is -3.22. The predicted molar refractivity (Wildman–Crippen MR) is 109 cm³/mol. The Morgan fingerprint density at radius 3 is 2.62 bits per heavy atom. The van der Waals surface area contributed by atoms with E-state index in [1.165, 1.54) is 18.4 Å². The summed E-state index contributed by atoms with van der Waals surface area (Å²) in [5.74, 6) is 0.601. The molecule has 1 saturated heterocycles. The van der Waals surface area contributed by atoms with E-state index in [1.54, 1.807) is 23.1 Å². The van der Waals surface area contributed by atoms with Gasteiger partial charge in [-0.15, -0.1) is 5.10 Å². The highest BCUT2D eigenvalue weighted by atomic mass is 16.4. The van der Waals surface area contributed by atoms with Crippen LogP contribution in [0.4, 0.5) is 5.82 Å². The number of carbonyl (C=O) groups excluding carboxylic acids is 1. The third kappa shape index (κ3) is 3.37. The number of benzene rings is 1. The molecule has 0 atom stereocenters. The van der Waals surface area contributed by atoms with Gasteiger partial charge in [-0.05, 0) is 49.4 Å². The molecular formula is C22H22N4O3. The Labute approximate surface area is 167 Å². The van der Waals surface area contributed by atoms with Crippen LogP contribution < -0.4 is 10.5 Å². The van der Waals surface area contributed by atoms with Crippen LogP contribution in [0.2, 0.25) is 0 Å². The van der Waals surface area contributed by atoms with Gasteiger partial charge in [-0.2, -0.15) is 5.10 Å². The Morgan fingerprint density at radius 1 is 0.966 bits per heavy atom. The normalized spacial score (nSPS) is 16.7. The van der Waals surface area contributed by atoms with E-state index in [1.807, 2.05) is 12.1 Å². The van der Waals surface area contributed by atoms with Gasteiger partial charge in [0.15, 0.2) is 5.82 Å². The lowest BCUT2D eigenvalue weighted by molar-refractivity contribution is 0.0742. The number of para-hydroxylation sites is 1. The SMILES string of the molecule is O=C(c1cc2ccccc2oc1=O)N1CCN(c2cc3c(nn2)CCCC3)CC1. The van der Waals surface area contributed by atoms with Gasteiger partial charge in [0.2, 0.25) is 0 Å². The van der Waals surface area contributed by atoms with E-state index in [0.717, 1.165) is 29.7 Å². The zero-order chi connectivity index (χ0) is 19.8. The lowest BCUT2D eigenvalue weighted by atomic mass is 9.97. The molecular weight excluding hydrogens is 368 g/mol. The van der Waals surface area contributed by atoms with E-state index in [4.69, 9.17) is 4.42 Å². The summed E-state index contributed by atoms with van der Waals surface area (Å²) in [5.41, 5.74) is 2.41. The van der Waals surface area contributed by atoms with Crippen LogP contribution in [0.3, 0.4) is 0 Å². The molecule has 29 heavy (non-hydrogen) atoms. The molecule has 1 aliphatic carbocycles. The number of rotatable bonds is 2. The lowest BCUT2D eigenvalue weighted by Crippen LogP contribution is -2.49. The van der Waals surface area contributed by atoms with Crippen LogP contribution in [0.1, 0.15) is 34.5 Å². The maximum absolute atomic E-state index is 12.9. The molecule has 0 radical (unpaired) electrons. The van der Waals surface area contributed by atoms with Crippen LogP contribution in [-0.2, 0) is 12.8 Å². The predicted octanol–water partition coefficient (Wildman–Crippen LogP) is 2.42. The summed E-state index contributed by atoms with van der Waals surface area (Å²) >= 11 is 0. The molecule has 5 rings (SSSR count). The van der Waals surface area contributed by atoms with Crippen molar-refractivity contribution in [2.24, 2.45) is 0 Å². The number of fused-ring (bicyclic) bond motifs is 2. The molecule has 0 spiro atoms. The fraction of sp³-hybridized carbons (Fsp3) is 0.364. The van der Waals surface area contributed by atoms with Gasteiger partial charge < -0.3 is 14.2 Å². The highest BCUT2D eigenvalue weighted by Gasteiger charge is 2.26. The number of nitrogens with zero attached hydrogens (tertiary/aromatic N) is 4. The van der Waals surface area contributed by atoms with Gasteiger partial charge in [0.05, 0.1) is 5.69 Å². The van der Waals surface area contributed by atoms with Crippen molar-refractivity contribution in [2.45, 2.75) is 25.7 Å². The van der Waals surface area contributed by atoms with Gasteiger partial charge >= 0.3 is 5.63 Å². The summed E-state index contributed by atoms with van der Waals surface area (Å²) in [6, 6.07) is 11.0. The maximum atomic E-state index is 12.9. The molecule has 2 aliphatic rings. The summed E-state index contributed by atoms with van der Waals surface area (Å²) in [5, 5.41) is 9.56. The largest absolute Gasteiger partial charge is 0.422 e. The second-order valence-electron chi connectivity index (χ2n) is 7.65. The fourth-order valence-electron chi connectivity index (χ4n) is 4.15. The van der Waals surface area contributed by atoms with E-state index < -0.39 is 5.63 Å². The molecule has 1 aromatic carbocycles. The molecule has 3 aromatic rings. The number of amides is 1. The van der Waals surface area contributed by atoms with Crippen LogP contribution in [0.5, 0.6) is 0 Å². The van der Waals surface area contributed by atoms with Gasteiger partial charge in [-0.3, -0.25) is 4.79 Å². The summed E-state index contributed by atoms with van der Waals surface area (Å²) in [6.45, 7) is 2.39. The first-order valence-corrected chi connectivity index (χ1v) is 10.1. The number of piperazine rings is 1. The van der Waals surface area contributed by atoms with Gasteiger partial charge in [-0.25, -0.2) is 4.79 Å². The Morgan fingerprint density at radius 2 is 1.76 bits per heavy atom. The van der Waals surface area contributed by atoms with Crippen molar-refractivity contribution in [2.75, 3.05) is 31.1 Å². The van der Waals surface area contributed by atoms with Crippen molar-refractivity contribution in [3.05, 3.63) is 63.6 Å². The molecule has 0 unspecified atom stereocenters. The zero-order valence-electron chi connectivity index (χ0n) is 16.1. The van der Waals surface area contributed by atoms with E-state index in [0.29, 0.717) is 31.8 Å². The third-order valence-electron chi connectivity index (χ3n) is 5.82. The first-order valence-electron chi connectivity index (χ1n) is 10.1. The average molecular weight is 390 g/mol. The first-order chi connectivity index (χ1) is 14.2. The van der Waals surface area contributed by atoms with Crippen molar-refractivity contribution in [1.82, 2.24) is 15.1 Å².